The molecule has 0 aliphatic carbocycles. The average Bonchev–Trinajstić information content (AvgIpc) is 2.60. The highest BCUT2D eigenvalue weighted by atomic mass is 16.7. The van der Waals surface area contributed by atoms with Crippen LogP contribution < -0.4 is 5.32 Å². The standard InChI is InChI=1S/C14H25NO11/c1-4(18)15-7-10(21)8(19)5(2-16)25-14(7)26-12-9(20)6(3-17)24-13(23)11(12)22/h5-14,16-17,19-23H,2-3H2,1H3,(H,15,18)/t5-,6-,7-,8-,9-,10-,11+,12+,13?,14+/m1/s1. The van der Waals surface area contributed by atoms with Crippen molar-refractivity contribution in [2.24, 2.45) is 0 Å². The van der Waals surface area contributed by atoms with E-state index in [0.717, 1.165) is 6.92 Å². The van der Waals surface area contributed by atoms with E-state index in [1.807, 2.05) is 0 Å². The van der Waals surface area contributed by atoms with Crippen LogP contribution in [0.3, 0.4) is 0 Å². The normalized spacial score (nSPS) is 46.8. The van der Waals surface area contributed by atoms with E-state index in [2.05, 4.69) is 5.32 Å². The summed E-state index contributed by atoms with van der Waals surface area (Å²) in [4.78, 5) is 11.4. The number of aliphatic hydroxyl groups excluding tert-OH is 7. The molecule has 2 heterocycles. The van der Waals surface area contributed by atoms with Gasteiger partial charge in [0.05, 0.1) is 13.2 Å². The van der Waals surface area contributed by atoms with Crippen LogP contribution in [0, 0.1) is 0 Å². The lowest BCUT2D eigenvalue weighted by molar-refractivity contribution is -0.341. The molecule has 12 nitrogen and oxygen atoms in total. The molecule has 2 rings (SSSR count). The van der Waals surface area contributed by atoms with Crippen molar-refractivity contribution in [1.82, 2.24) is 5.32 Å². The molecule has 0 aromatic rings. The molecule has 152 valence electrons. The molecule has 0 saturated carbocycles. The summed E-state index contributed by atoms with van der Waals surface area (Å²) in [7, 11) is 0. The van der Waals surface area contributed by atoms with Crippen LogP contribution in [0.1, 0.15) is 6.92 Å². The Labute approximate surface area is 148 Å². The number of carbonyl (C=O) groups excluding carboxylic acids is 1. The maximum atomic E-state index is 11.4. The lowest BCUT2D eigenvalue weighted by Gasteiger charge is -2.46. The van der Waals surface area contributed by atoms with Crippen molar-refractivity contribution in [2.45, 2.75) is 68.3 Å². The topological polar surface area (TPSA) is 198 Å². The van der Waals surface area contributed by atoms with Gasteiger partial charge in [0, 0.05) is 6.92 Å². The van der Waals surface area contributed by atoms with Crippen molar-refractivity contribution >= 4 is 5.91 Å². The monoisotopic (exact) mass is 383 g/mol. The predicted octanol–water partition coefficient (Wildman–Crippen LogP) is -5.25. The van der Waals surface area contributed by atoms with Crippen LogP contribution in [-0.2, 0) is 19.0 Å². The summed E-state index contributed by atoms with van der Waals surface area (Å²) in [5, 5.41) is 70.8. The van der Waals surface area contributed by atoms with Gasteiger partial charge in [0.25, 0.3) is 0 Å². The van der Waals surface area contributed by atoms with Crippen LogP contribution in [0.2, 0.25) is 0 Å². The van der Waals surface area contributed by atoms with Gasteiger partial charge in [0.2, 0.25) is 5.91 Å². The molecule has 0 radical (unpaired) electrons. The van der Waals surface area contributed by atoms with Gasteiger partial charge in [-0.3, -0.25) is 4.79 Å². The summed E-state index contributed by atoms with van der Waals surface area (Å²) in [5.41, 5.74) is 0. The Morgan fingerprint density at radius 2 is 1.50 bits per heavy atom. The Hall–Kier alpha value is -0.930. The third kappa shape index (κ3) is 4.31. The van der Waals surface area contributed by atoms with E-state index >= 15 is 0 Å². The van der Waals surface area contributed by atoms with Crippen LogP contribution >= 0.6 is 0 Å². The van der Waals surface area contributed by atoms with E-state index in [1.54, 1.807) is 0 Å². The van der Waals surface area contributed by atoms with E-state index < -0.39 is 80.5 Å². The van der Waals surface area contributed by atoms with Crippen molar-refractivity contribution in [3.63, 3.8) is 0 Å². The molecule has 0 aromatic carbocycles. The molecule has 12 heteroatoms. The van der Waals surface area contributed by atoms with Gasteiger partial charge in [-0.1, -0.05) is 0 Å². The molecule has 0 aromatic heterocycles. The Bertz CT molecular complexity index is 480. The molecule has 2 saturated heterocycles. The Morgan fingerprint density at radius 1 is 0.923 bits per heavy atom. The van der Waals surface area contributed by atoms with E-state index in [1.165, 1.54) is 0 Å². The smallest absolute Gasteiger partial charge is 0.217 e. The largest absolute Gasteiger partial charge is 0.394 e. The molecule has 8 N–H and O–H groups in total. The first-order chi connectivity index (χ1) is 12.2. The van der Waals surface area contributed by atoms with Crippen LogP contribution in [0.15, 0.2) is 0 Å². The molecule has 1 unspecified atom stereocenters. The summed E-state index contributed by atoms with van der Waals surface area (Å²) in [6.45, 7) is -0.199. The first kappa shape index (κ1) is 21.4. The van der Waals surface area contributed by atoms with Crippen molar-refractivity contribution in [1.29, 1.82) is 0 Å². The second kappa shape index (κ2) is 8.84. The zero-order chi connectivity index (χ0) is 19.6. The van der Waals surface area contributed by atoms with Crippen LogP contribution in [0.4, 0.5) is 0 Å². The average molecular weight is 383 g/mol. The molecule has 2 aliphatic rings. The first-order valence-corrected chi connectivity index (χ1v) is 8.06. The number of rotatable bonds is 5. The van der Waals surface area contributed by atoms with E-state index in [-0.39, 0.29) is 0 Å². The number of nitrogens with one attached hydrogen (secondary N) is 1. The molecule has 10 atom stereocenters. The van der Waals surface area contributed by atoms with E-state index in [9.17, 15) is 40.5 Å². The molecule has 0 bridgehead atoms. The molecule has 0 spiro atoms. The number of carbonyl (C=O) groups is 1. The Kier molecular flexibility index (Phi) is 7.27. The highest BCUT2D eigenvalue weighted by Crippen LogP contribution is 2.28. The van der Waals surface area contributed by atoms with Gasteiger partial charge in [-0.25, -0.2) is 0 Å². The fraction of sp³-hybridized carbons (Fsp3) is 0.929. The molecule has 1 amide bonds. The van der Waals surface area contributed by atoms with Gasteiger partial charge in [0.15, 0.2) is 12.6 Å². The minimum Gasteiger partial charge on any atom is -0.394 e. The Balaban J connectivity index is 2.22. The van der Waals surface area contributed by atoms with Gasteiger partial charge < -0.3 is 55.3 Å². The van der Waals surface area contributed by atoms with Gasteiger partial charge in [-0.2, -0.15) is 0 Å². The quantitative estimate of drug-likeness (QED) is 0.226. The Morgan fingerprint density at radius 3 is 2.04 bits per heavy atom. The van der Waals surface area contributed by atoms with Gasteiger partial charge in [0.1, 0.15) is 48.8 Å². The summed E-state index contributed by atoms with van der Waals surface area (Å²) >= 11 is 0. The van der Waals surface area contributed by atoms with Crippen LogP contribution in [0.25, 0.3) is 0 Å². The van der Waals surface area contributed by atoms with Crippen molar-refractivity contribution in [3.8, 4) is 0 Å². The number of hydrogen-bond donors (Lipinski definition) is 8. The molecule has 2 aliphatic heterocycles. The third-order valence-electron chi connectivity index (χ3n) is 4.38. The lowest BCUT2D eigenvalue weighted by Crippen LogP contribution is -2.67. The molecular formula is C14H25NO11. The summed E-state index contributed by atoms with van der Waals surface area (Å²) in [5.74, 6) is -0.581. The second-order valence-electron chi connectivity index (χ2n) is 6.26. The van der Waals surface area contributed by atoms with Crippen molar-refractivity contribution in [3.05, 3.63) is 0 Å². The van der Waals surface area contributed by atoms with Gasteiger partial charge in [-0.05, 0) is 0 Å². The molecular weight excluding hydrogens is 358 g/mol. The SMILES string of the molecule is CC(=O)N[C@H]1[C@H](O[C@H]2[C@H](O)[C@@H](CO)OC(O)[C@H]2O)O[C@H](CO)[C@@H](O)[C@@H]1O. The maximum Gasteiger partial charge on any atom is 0.217 e. The van der Waals surface area contributed by atoms with Crippen molar-refractivity contribution in [2.75, 3.05) is 13.2 Å². The zero-order valence-corrected chi connectivity index (χ0v) is 14.0. The number of aliphatic hydroxyl groups is 7. The number of hydrogen-bond acceptors (Lipinski definition) is 11. The van der Waals surface area contributed by atoms with Gasteiger partial charge >= 0.3 is 0 Å². The highest BCUT2D eigenvalue weighted by molar-refractivity contribution is 5.73. The summed E-state index contributed by atoms with van der Waals surface area (Å²) in [6.07, 6.45) is -13.7. The number of ether oxygens (including phenoxy) is 3. The summed E-state index contributed by atoms with van der Waals surface area (Å²) in [6, 6.07) is -1.29. The first-order valence-electron chi connectivity index (χ1n) is 8.06. The number of amides is 1. The van der Waals surface area contributed by atoms with Crippen molar-refractivity contribution < 1.29 is 54.8 Å². The maximum absolute atomic E-state index is 11.4. The second-order valence-corrected chi connectivity index (χ2v) is 6.26. The van der Waals surface area contributed by atoms with E-state index in [0.29, 0.717) is 0 Å². The fourth-order valence-electron chi connectivity index (χ4n) is 2.97. The van der Waals surface area contributed by atoms with Gasteiger partial charge in [-0.15, -0.1) is 0 Å². The van der Waals surface area contributed by atoms with E-state index in [4.69, 9.17) is 14.2 Å². The minimum absolute atomic E-state index is 0.581. The fourth-order valence-corrected chi connectivity index (χ4v) is 2.97. The summed E-state index contributed by atoms with van der Waals surface area (Å²) < 4.78 is 15.6. The lowest BCUT2D eigenvalue weighted by atomic mass is 9.95. The molecule has 2 fully saturated rings. The minimum atomic E-state index is -1.77. The predicted molar refractivity (Wildman–Crippen MR) is 80.2 cm³/mol. The highest BCUT2D eigenvalue weighted by Gasteiger charge is 2.50. The zero-order valence-electron chi connectivity index (χ0n) is 14.0. The van der Waals surface area contributed by atoms with Crippen LogP contribution in [0.5, 0.6) is 0 Å². The third-order valence-corrected chi connectivity index (χ3v) is 4.38. The molecule has 26 heavy (non-hydrogen) atoms. The van der Waals surface area contributed by atoms with Crippen LogP contribution in [-0.4, -0.2) is 116 Å².